The molecule has 0 saturated heterocycles. The Morgan fingerprint density at radius 3 is 2.90 bits per heavy atom. The number of carbonyl (C=O) groups excluding carboxylic acids is 1. The third-order valence-electron chi connectivity index (χ3n) is 3.50. The lowest BCUT2D eigenvalue weighted by Gasteiger charge is -2.07. The number of aromatic nitrogens is 3. The van der Waals surface area contributed by atoms with Crippen LogP contribution >= 0.6 is 0 Å². The molecule has 0 fully saturated rings. The van der Waals surface area contributed by atoms with Gasteiger partial charge in [0.2, 0.25) is 0 Å². The molecule has 0 atom stereocenters. The van der Waals surface area contributed by atoms with E-state index >= 15 is 0 Å². The first-order chi connectivity index (χ1) is 10.3. The first-order valence-electron chi connectivity index (χ1n) is 7.15. The van der Waals surface area contributed by atoms with Gasteiger partial charge in [0.05, 0.1) is 11.0 Å². The highest BCUT2D eigenvalue weighted by Gasteiger charge is 2.10. The van der Waals surface area contributed by atoms with Crippen LogP contribution in [0.2, 0.25) is 0 Å². The first kappa shape index (κ1) is 13.5. The summed E-state index contributed by atoms with van der Waals surface area (Å²) in [6, 6.07) is 10.0. The molecule has 0 spiro atoms. The maximum Gasteiger partial charge on any atom is 0.151 e. The molecule has 106 valence electrons. The van der Waals surface area contributed by atoms with Crippen molar-refractivity contribution in [2.75, 3.05) is 0 Å². The summed E-state index contributed by atoms with van der Waals surface area (Å²) >= 11 is 0. The maximum atomic E-state index is 10.9. The molecule has 4 nitrogen and oxygen atoms in total. The van der Waals surface area contributed by atoms with E-state index in [2.05, 4.69) is 22.5 Å². The van der Waals surface area contributed by atoms with Gasteiger partial charge in [-0.1, -0.05) is 19.1 Å². The van der Waals surface area contributed by atoms with Crippen LogP contribution in [0.5, 0.6) is 0 Å². The summed E-state index contributed by atoms with van der Waals surface area (Å²) in [4.78, 5) is 19.7. The number of aldehydes is 1. The number of pyridine rings is 1. The number of aryl methyl sites for hydroxylation is 1. The Labute approximate surface area is 123 Å². The number of hydrogen-bond acceptors (Lipinski definition) is 3. The summed E-state index contributed by atoms with van der Waals surface area (Å²) in [5.74, 6) is 1.02. The molecular weight excluding hydrogens is 262 g/mol. The maximum absolute atomic E-state index is 10.9. The molecule has 3 aromatic rings. The van der Waals surface area contributed by atoms with E-state index in [4.69, 9.17) is 4.98 Å². The predicted octanol–water partition coefficient (Wildman–Crippen LogP) is 3.24. The van der Waals surface area contributed by atoms with Crippen LogP contribution in [-0.4, -0.2) is 20.8 Å². The summed E-state index contributed by atoms with van der Waals surface area (Å²) in [6.45, 7) is 3.10. The number of fused-ring (bicyclic) bond motifs is 1. The number of benzene rings is 1. The first-order valence-corrected chi connectivity index (χ1v) is 7.15. The fourth-order valence-corrected chi connectivity index (χ4v) is 2.58. The van der Waals surface area contributed by atoms with Gasteiger partial charge in [0.1, 0.15) is 5.82 Å². The zero-order valence-electron chi connectivity index (χ0n) is 12.0. The number of hydrogen-bond donors (Lipinski definition) is 0. The van der Waals surface area contributed by atoms with E-state index in [0.717, 1.165) is 41.7 Å². The van der Waals surface area contributed by atoms with E-state index in [-0.39, 0.29) is 0 Å². The highest BCUT2D eigenvalue weighted by atomic mass is 16.1. The predicted molar refractivity (Wildman–Crippen MR) is 82.5 cm³/mol. The lowest BCUT2D eigenvalue weighted by molar-refractivity contribution is 0.112. The third kappa shape index (κ3) is 2.70. The average Bonchev–Trinajstić information content (AvgIpc) is 2.86. The summed E-state index contributed by atoms with van der Waals surface area (Å²) in [5.41, 5.74) is 3.78. The number of imidazole rings is 1. The second-order valence-corrected chi connectivity index (χ2v) is 5.09. The minimum atomic E-state index is 0.602. The monoisotopic (exact) mass is 279 g/mol. The molecule has 2 heterocycles. The summed E-state index contributed by atoms with van der Waals surface area (Å²) in [6.07, 6.45) is 5.93. The Kier molecular flexibility index (Phi) is 3.77. The van der Waals surface area contributed by atoms with Gasteiger partial charge < -0.3 is 4.57 Å². The van der Waals surface area contributed by atoms with Crippen molar-refractivity contribution in [1.29, 1.82) is 0 Å². The SMILES string of the molecule is CCCn1c(Cc2cncc(C=O)c2)nc2ccccc21. The zero-order chi connectivity index (χ0) is 14.7. The standard InChI is InChI=1S/C17H17N3O/c1-2-7-20-16-6-4-3-5-15(16)19-17(20)9-13-8-14(12-21)11-18-10-13/h3-6,8,10-12H,2,7,9H2,1H3. The summed E-state index contributed by atoms with van der Waals surface area (Å²) < 4.78 is 2.25. The Hall–Kier alpha value is -2.49. The molecule has 0 unspecified atom stereocenters. The molecule has 3 rings (SSSR count). The molecule has 0 N–H and O–H groups in total. The molecule has 4 heteroatoms. The molecule has 0 aliphatic carbocycles. The highest BCUT2D eigenvalue weighted by molar-refractivity contribution is 5.76. The molecule has 2 aromatic heterocycles. The quantitative estimate of drug-likeness (QED) is 0.674. The number of nitrogens with zero attached hydrogens (tertiary/aromatic N) is 3. The van der Waals surface area contributed by atoms with Gasteiger partial charge in [0.25, 0.3) is 0 Å². The van der Waals surface area contributed by atoms with Gasteiger partial charge in [-0.25, -0.2) is 4.98 Å². The van der Waals surface area contributed by atoms with Crippen LogP contribution in [0, 0.1) is 0 Å². The van der Waals surface area contributed by atoms with Crippen LogP contribution in [0.25, 0.3) is 11.0 Å². The fourth-order valence-electron chi connectivity index (χ4n) is 2.58. The van der Waals surface area contributed by atoms with Crippen LogP contribution in [0.4, 0.5) is 0 Å². The van der Waals surface area contributed by atoms with Crippen molar-refractivity contribution in [1.82, 2.24) is 14.5 Å². The van der Waals surface area contributed by atoms with Crippen LogP contribution in [0.1, 0.15) is 35.1 Å². The summed E-state index contributed by atoms with van der Waals surface area (Å²) in [5, 5.41) is 0. The largest absolute Gasteiger partial charge is 0.328 e. The Bertz CT molecular complexity index is 777. The highest BCUT2D eigenvalue weighted by Crippen LogP contribution is 2.19. The van der Waals surface area contributed by atoms with E-state index in [1.807, 2.05) is 24.3 Å². The lowest BCUT2D eigenvalue weighted by atomic mass is 10.1. The molecular formula is C17H17N3O. The van der Waals surface area contributed by atoms with E-state index in [0.29, 0.717) is 12.0 Å². The second-order valence-electron chi connectivity index (χ2n) is 5.09. The fraction of sp³-hybridized carbons (Fsp3) is 0.235. The lowest BCUT2D eigenvalue weighted by Crippen LogP contribution is -2.04. The van der Waals surface area contributed by atoms with Crippen molar-refractivity contribution >= 4 is 17.3 Å². The van der Waals surface area contributed by atoms with Crippen molar-refractivity contribution in [3.8, 4) is 0 Å². The van der Waals surface area contributed by atoms with Crippen molar-refractivity contribution < 1.29 is 4.79 Å². The van der Waals surface area contributed by atoms with Crippen molar-refractivity contribution in [3.05, 3.63) is 59.7 Å². The molecule has 21 heavy (non-hydrogen) atoms. The number of para-hydroxylation sites is 2. The molecule has 0 aliphatic heterocycles. The van der Waals surface area contributed by atoms with Crippen LogP contribution in [0.3, 0.4) is 0 Å². The Balaban J connectivity index is 2.02. The van der Waals surface area contributed by atoms with E-state index in [1.165, 1.54) is 0 Å². The van der Waals surface area contributed by atoms with Gasteiger partial charge in [0.15, 0.2) is 6.29 Å². The van der Waals surface area contributed by atoms with Gasteiger partial charge in [-0.3, -0.25) is 9.78 Å². The second kappa shape index (κ2) is 5.87. The van der Waals surface area contributed by atoms with E-state index in [1.54, 1.807) is 12.4 Å². The van der Waals surface area contributed by atoms with Crippen molar-refractivity contribution in [2.24, 2.45) is 0 Å². The summed E-state index contributed by atoms with van der Waals surface area (Å²) in [7, 11) is 0. The van der Waals surface area contributed by atoms with Crippen molar-refractivity contribution in [3.63, 3.8) is 0 Å². The zero-order valence-corrected chi connectivity index (χ0v) is 12.0. The molecule has 0 amide bonds. The van der Waals surface area contributed by atoms with Crippen molar-refractivity contribution in [2.45, 2.75) is 26.3 Å². The van der Waals surface area contributed by atoms with Crippen LogP contribution in [-0.2, 0) is 13.0 Å². The average molecular weight is 279 g/mol. The molecule has 0 saturated carbocycles. The Morgan fingerprint density at radius 2 is 2.10 bits per heavy atom. The minimum Gasteiger partial charge on any atom is -0.328 e. The third-order valence-corrected chi connectivity index (χ3v) is 3.50. The molecule has 0 bridgehead atoms. The smallest absolute Gasteiger partial charge is 0.151 e. The van der Waals surface area contributed by atoms with Gasteiger partial charge in [-0.15, -0.1) is 0 Å². The number of carbonyl (C=O) groups is 1. The molecule has 0 radical (unpaired) electrons. The van der Waals surface area contributed by atoms with Gasteiger partial charge in [0, 0.05) is 30.9 Å². The number of rotatable bonds is 5. The van der Waals surface area contributed by atoms with Gasteiger partial charge >= 0.3 is 0 Å². The topological polar surface area (TPSA) is 47.8 Å². The van der Waals surface area contributed by atoms with Gasteiger partial charge in [-0.2, -0.15) is 0 Å². The molecule has 0 aliphatic rings. The van der Waals surface area contributed by atoms with Gasteiger partial charge in [-0.05, 0) is 30.2 Å². The normalized spacial score (nSPS) is 10.9. The van der Waals surface area contributed by atoms with E-state index in [9.17, 15) is 4.79 Å². The van der Waals surface area contributed by atoms with Crippen LogP contribution < -0.4 is 0 Å². The van der Waals surface area contributed by atoms with Crippen LogP contribution in [0.15, 0.2) is 42.7 Å². The Morgan fingerprint density at radius 1 is 1.24 bits per heavy atom. The van der Waals surface area contributed by atoms with E-state index < -0.39 is 0 Å². The minimum absolute atomic E-state index is 0.602. The molecule has 1 aromatic carbocycles.